The molecule has 2 bridgehead atoms. The average molecular weight is 162 g/mol. The van der Waals surface area contributed by atoms with E-state index in [4.69, 9.17) is 0 Å². The van der Waals surface area contributed by atoms with Crippen LogP contribution in [0.5, 0.6) is 0 Å². The van der Waals surface area contributed by atoms with E-state index in [1.165, 1.54) is 24.8 Å². The first kappa shape index (κ1) is 8.10. The van der Waals surface area contributed by atoms with Crippen molar-refractivity contribution in [1.82, 2.24) is 0 Å². The molecule has 0 N–H and O–H groups in total. The maximum atomic E-state index is 4.09. The number of hydrogen-bond donors (Lipinski definition) is 0. The minimum Gasteiger partial charge on any atom is -0.103 e. The number of hydrogen-bond acceptors (Lipinski definition) is 0. The van der Waals surface area contributed by atoms with E-state index in [-0.39, 0.29) is 0 Å². The molecule has 4 unspecified atom stereocenters. The van der Waals surface area contributed by atoms with E-state index in [0.29, 0.717) is 0 Å². The second-order valence-electron chi connectivity index (χ2n) is 4.59. The van der Waals surface area contributed by atoms with Gasteiger partial charge >= 0.3 is 0 Å². The van der Waals surface area contributed by atoms with Crippen molar-refractivity contribution in [2.24, 2.45) is 23.7 Å². The van der Waals surface area contributed by atoms with Crippen molar-refractivity contribution in [1.29, 1.82) is 0 Å². The molecule has 0 aromatic heterocycles. The minimum absolute atomic E-state index is 0.797. The van der Waals surface area contributed by atoms with Gasteiger partial charge in [-0.1, -0.05) is 18.2 Å². The molecule has 2 fully saturated rings. The van der Waals surface area contributed by atoms with Gasteiger partial charge in [-0.3, -0.25) is 0 Å². The summed E-state index contributed by atoms with van der Waals surface area (Å²) in [6.07, 6.45) is 6.41. The summed E-state index contributed by atoms with van der Waals surface area (Å²) in [6, 6.07) is 0. The van der Waals surface area contributed by atoms with Gasteiger partial charge in [0.15, 0.2) is 0 Å². The van der Waals surface area contributed by atoms with Crippen LogP contribution in [0.4, 0.5) is 0 Å². The zero-order valence-electron chi connectivity index (χ0n) is 7.92. The molecule has 4 atom stereocenters. The Morgan fingerprint density at radius 2 is 2.08 bits per heavy atom. The van der Waals surface area contributed by atoms with Crippen LogP contribution in [0.25, 0.3) is 0 Å². The fourth-order valence-corrected chi connectivity index (χ4v) is 3.24. The van der Waals surface area contributed by atoms with Gasteiger partial charge in [0, 0.05) is 0 Å². The molecule has 0 aliphatic heterocycles. The van der Waals surface area contributed by atoms with Gasteiger partial charge in [-0.05, 0) is 49.9 Å². The average Bonchev–Trinajstić information content (AvgIpc) is 2.60. The summed E-state index contributed by atoms with van der Waals surface area (Å²) in [7, 11) is 0. The van der Waals surface area contributed by atoms with Crippen molar-refractivity contribution in [3.63, 3.8) is 0 Å². The summed E-state index contributed by atoms with van der Waals surface area (Å²) in [5.41, 5.74) is 1.40. The topological polar surface area (TPSA) is 0 Å². The lowest BCUT2D eigenvalue weighted by atomic mass is 9.78. The Morgan fingerprint density at radius 3 is 2.58 bits per heavy atom. The highest BCUT2D eigenvalue weighted by atomic mass is 14.5. The number of fused-ring (bicyclic) bond motifs is 2. The predicted octanol–water partition coefficient (Wildman–Crippen LogP) is 3.41. The van der Waals surface area contributed by atoms with Crippen molar-refractivity contribution in [2.45, 2.75) is 26.2 Å². The van der Waals surface area contributed by atoms with Gasteiger partial charge in [0.25, 0.3) is 0 Å². The lowest BCUT2D eigenvalue weighted by Crippen LogP contribution is -2.18. The Balaban J connectivity index is 2.14. The molecule has 0 heteroatoms. The van der Waals surface area contributed by atoms with Gasteiger partial charge in [-0.25, -0.2) is 0 Å². The molecule has 0 heterocycles. The molecule has 0 saturated heterocycles. The van der Waals surface area contributed by atoms with E-state index in [1.807, 2.05) is 0 Å². The van der Waals surface area contributed by atoms with E-state index in [9.17, 15) is 0 Å². The van der Waals surface area contributed by atoms with Gasteiger partial charge in [0.1, 0.15) is 0 Å². The lowest BCUT2D eigenvalue weighted by molar-refractivity contribution is 0.313. The molecule has 0 aromatic carbocycles. The summed E-state index contributed by atoms with van der Waals surface area (Å²) in [5.74, 6) is 3.49. The van der Waals surface area contributed by atoms with Gasteiger partial charge in [-0.2, -0.15) is 0 Å². The highest BCUT2D eigenvalue weighted by Gasteiger charge is 2.44. The Kier molecular flexibility index (Phi) is 1.86. The van der Waals surface area contributed by atoms with E-state index in [2.05, 4.69) is 26.2 Å². The molecule has 0 radical (unpaired) electrons. The van der Waals surface area contributed by atoms with E-state index < -0.39 is 0 Å². The van der Waals surface area contributed by atoms with Crippen LogP contribution in [0.1, 0.15) is 26.2 Å². The van der Waals surface area contributed by atoms with Gasteiger partial charge in [0.05, 0.1) is 0 Å². The van der Waals surface area contributed by atoms with Crippen LogP contribution in [0.3, 0.4) is 0 Å². The zero-order valence-corrected chi connectivity index (χ0v) is 7.92. The first-order chi connectivity index (χ1) is 5.72. The van der Waals surface area contributed by atoms with Gasteiger partial charge < -0.3 is 0 Å². The molecule has 2 aliphatic rings. The van der Waals surface area contributed by atoms with Gasteiger partial charge in [0.2, 0.25) is 0 Å². The third-order valence-electron chi connectivity index (χ3n) is 3.80. The van der Waals surface area contributed by atoms with Crippen LogP contribution >= 0.6 is 0 Å². The summed E-state index contributed by atoms with van der Waals surface area (Å²) >= 11 is 0. The molecule has 2 saturated carbocycles. The fraction of sp³-hybridized carbons (Fsp3) is 0.667. The fourth-order valence-electron chi connectivity index (χ4n) is 3.24. The SMILES string of the molecule is C=CC1CC2CC(C(=C)C)C1C2. The molecular weight excluding hydrogens is 144 g/mol. The first-order valence-corrected chi connectivity index (χ1v) is 5.00. The molecule has 66 valence electrons. The van der Waals surface area contributed by atoms with Crippen molar-refractivity contribution in [2.75, 3.05) is 0 Å². The van der Waals surface area contributed by atoms with Crippen LogP contribution in [-0.4, -0.2) is 0 Å². The molecule has 2 aliphatic carbocycles. The van der Waals surface area contributed by atoms with Crippen LogP contribution in [0.2, 0.25) is 0 Å². The highest BCUT2D eigenvalue weighted by molar-refractivity contribution is 5.11. The smallest absolute Gasteiger partial charge is 0.0172 e. The minimum atomic E-state index is 0.797. The van der Waals surface area contributed by atoms with Crippen LogP contribution in [-0.2, 0) is 0 Å². The molecule has 0 spiro atoms. The van der Waals surface area contributed by atoms with Crippen molar-refractivity contribution < 1.29 is 0 Å². The molecule has 0 nitrogen and oxygen atoms in total. The molecule has 2 rings (SSSR count). The standard InChI is InChI=1S/C12H18/c1-4-10-5-9-6-11(8(2)3)12(10)7-9/h4,9-12H,1-2,5-7H2,3H3. The van der Waals surface area contributed by atoms with E-state index in [1.54, 1.807) is 0 Å². The summed E-state index contributed by atoms with van der Waals surface area (Å²) in [4.78, 5) is 0. The van der Waals surface area contributed by atoms with Crippen LogP contribution in [0.15, 0.2) is 24.8 Å². The Bertz CT molecular complexity index is 214. The maximum Gasteiger partial charge on any atom is -0.0172 e. The Morgan fingerprint density at radius 1 is 1.33 bits per heavy atom. The molecule has 0 amide bonds. The summed E-state index contributed by atoms with van der Waals surface area (Å²) < 4.78 is 0. The summed E-state index contributed by atoms with van der Waals surface area (Å²) in [5, 5.41) is 0. The van der Waals surface area contributed by atoms with Gasteiger partial charge in [-0.15, -0.1) is 6.58 Å². The van der Waals surface area contributed by atoms with Crippen LogP contribution in [0, 0.1) is 23.7 Å². The third kappa shape index (κ3) is 1.05. The maximum absolute atomic E-state index is 4.09. The molecule has 12 heavy (non-hydrogen) atoms. The van der Waals surface area contributed by atoms with Crippen molar-refractivity contribution >= 4 is 0 Å². The van der Waals surface area contributed by atoms with Crippen molar-refractivity contribution in [3.8, 4) is 0 Å². The van der Waals surface area contributed by atoms with E-state index in [0.717, 1.165) is 23.7 Å². The van der Waals surface area contributed by atoms with Crippen molar-refractivity contribution in [3.05, 3.63) is 24.8 Å². The predicted molar refractivity (Wildman–Crippen MR) is 52.8 cm³/mol. The van der Waals surface area contributed by atoms with E-state index >= 15 is 0 Å². The number of allylic oxidation sites excluding steroid dienone is 2. The number of rotatable bonds is 2. The summed E-state index contributed by atoms with van der Waals surface area (Å²) in [6.45, 7) is 10.2. The Labute approximate surface area is 75.4 Å². The lowest BCUT2D eigenvalue weighted by Gasteiger charge is -2.27. The Hall–Kier alpha value is -0.520. The second kappa shape index (κ2) is 2.76. The molecule has 0 aromatic rings. The largest absolute Gasteiger partial charge is 0.103 e. The second-order valence-corrected chi connectivity index (χ2v) is 4.59. The third-order valence-corrected chi connectivity index (χ3v) is 3.80. The zero-order chi connectivity index (χ0) is 8.72. The normalized spacial score (nSPS) is 44.8. The van der Waals surface area contributed by atoms with Crippen LogP contribution < -0.4 is 0 Å². The first-order valence-electron chi connectivity index (χ1n) is 5.00. The monoisotopic (exact) mass is 162 g/mol. The highest BCUT2D eigenvalue weighted by Crippen LogP contribution is 2.54. The molecular formula is C12H18. The quantitative estimate of drug-likeness (QED) is 0.546.